The molecule has 0 aliphatic carbocycles. The van der Waals surface area contributed by atoms with Gasteiger partial charge in [-0.15, -0.1) is 0 Å². The van der Waals surface area contributed by atoms with Crippen LogP contribution < -0.4 is 4.72 Å². The smallest absolute Gasteiger partial charge is 0.321 e. The number of hydrogen-bond donors (Lipinski definition) is 2. The Morgan fingerprint density at radius 3 is 2.28 bits per heavy atom. The summed E-state index contributed by atoms with van der Waals surface area (Å²) in [6.45, 7) is 1.33. The van der Waals surface area contributed by atoms with E-state index in [0.29, 0.717) is 6.42 Å². The number of carboxylic acid groups (broad SMARTS) is 1. The van der Waals surface area contributed by atoms with Crippen molar-refractivity contribution in [1.29, 1.82) is 0 Å². The Hall–Kier alpha value is -1.56. The van der Waals surface area contributed by atoms with Gasteiger partial charge in [-0.25, -0.2) is 25.9 Å². The fraction of sp³-hybridized carbons (Fsp3) is 0.500. The zero-order chi connectivity index (χ0) is 19.3. The first-order chi connectivity index (χ1) is 11.5. The van der Waals surface area contributed by atoms with Crippen LogP contribution in [-0.4, -0.2) is 57.6 Å². The molecule has 1 aromatic rings. The predicted molar refractivity (Wildman–Crippen MR) is 89.5 cm³/mol. The Kier molecular flexibility index (Phi) is 7.47. The number of halogens is 1. The lowest BCUT2D eigenvalue weighted by atomic mass is 10.2. The van der Waals surface area contributed by atoms with Crippen molar-refractivity contribution >= 4 is 26.0 Å². The fourth-order valence-electron chi connectivity index (χ4n) is 1.95. The van der Waals surface area contributed by atoms with Crippen LogP contribution in [-0.2, 0) is 24.8 Å². The maximum Gasteiger partial charge on any atom is 0.321 e. The highest BCUT2D eigenvalue weighted by atomic mass is 32.2. The summed E-state index contributed by atoms with van der Waals surface area (Å²) in [5.74, 6) is -2.49. The largest absolute Gasteiger partial charge is 0.480 e. The molecule has 2 N–H and O–H groups in total. The molecule has 0 fully saturated rings. The van der Waals surface area contributed by atoms with Crippen LogP contribution >= 0.6 is 0 Å². The van der Waals surface area contributed by atoms with E-state index in [-0.39, 0.29) is 17.9 Å². The third-order valence-electron chi connectivity index (χ3n) is 3.39. The molecule has 1 unspecified atom stereocenters. The van der Waals surface area contributed by atoms with Crippen molar-refractivity contribution in [2.75, 3.05) is 19.3 Å². The minimum Gasteiger partial charge on any atom is -0.480 e. The van der Waals surface area contributed by atoms with Crippen LogP contribution in [0.1, 0.15) is 19.8 Å². The van der Waals surface area contributed by atoms with Gasteiger partial charge in [-0.3, -0.25) is 4.79 Å². The summed E-state index contributed by atoms with van der Waals surface area (Å²) in [5.41, 5.74) is 0. The number of nitrogens with one attached hydrogen (secondary N) is 1. The van der Waals surface area contributed by atoms with Gasteiger partial charge in [0.2, 0.25) is 20.0 Å². The van der Waals surface area contributed by atoms with E-state index in [2.05, 4.69) is 0 Å². The number of hydrogen-bond acceptors (Lipinski definition) is 5. The monoisotopic (exact) mass is 396 g/mol. The highest BCUT2D eigenvalue weighted by Crippen LogP contribution is 2.14. The van der Waals surface area contributed by atoms with Crippen molar-refractivity contribution < 1.29 is 31.1 Å². The molecule has 0 spiro atoms. The van der Waals surface area contributed by atoms with E-state index in [1.54, 1.807) is 6.92 Å². The molecule has 0 aliphatic heterocycles. The van der Waals surface area contributed by atoms with E-state index in [4.69, 9.17) is 5.11 Å². The topological polar surface area (TPSA) is 121 Å². The molecule has 11 heteroatoms. The molecule has 0 aromatic heterocycles. The summed E-state index contributed by atoms with van der Waals surface area (Å²) in [5, 5.41) is 8.98. The van der Waals surface area contributed by atoms with Gasteiger partial charge in [-0.2, -0.15) is 4.31 Å². The van der Waals surface area contributed by atoms with Gasteiger partial charge in [0.1, 0.15) is 11.9 Å². The number of carbonyl (C=O) groups is 1. The highest BCUT2D eigenvalue weighted by Gasteiger charge is 2.26. The molecule has 1 atom stereocenters. The predicted octanol–water partition coefficient (Wildman–Crippen LogP) is 0.619. The molecule has 25 heavy (non-hydrogen) atoms. The minimum atomic E-state index is -3.99. The lowest BCUT2D eigenvalue weighted by molar-refractivity contribution is -0.139. The van der Waals surface area contributed by atoms with Gasteiger partial charge in [0.25, 0.3) is 0 Å². The number of sulfonamides is 2. The Bertz CT molecular complexity index is 793. The van der Waals surface area contributed by atoms with Crippen molar-refractivity contribution in [1.82, 2.24) is 9.03 Å². The number of rotatable bonds is 10. The Morgan fingerprint density at radius 1 is 1.24 bits per heavy atom. The molecule has 0 saturated carbocycles. The van der Waals surface area contributed by atoms with Crippen LogP contribution in [0.3, 0.4) is 0 Å². The molecule has 0 radical (unpaired) electrons. The first-order valence-electron chi connectivity index (χ1n) is 7.44. The van der Waals surface area contributed by atoms with Crippen molar-refractivity contribution in [2.24, 2.45) is 0 Å². The van der Waals surface area contributed by atoms with E-state index in [1.165, 1.54) is 7.05 Å². The number of aliphatic carboxylic acids is 1. The van der Waals surface area contributed by atoms with Crippen LogP contribution in [0.4, 0.5) is 4.39 Å². The molecule has 1 aromatic carbocycles. The molecule has 0 saturated heterocycles. The van der Waals surface area contributed by atoms with Crippen molar-refractivity contribution in [3.63, 3.8) is 0 Å². The van der Waals surface area contributed by atoms with Gasteiger partial charge < -0.3 is 5.11 Å². The van der Waals surface area contributed by atoms with Crippen LogP contribution in [0.2, 0.25) is 0 Å². The molecule has 0 amide bonds. The maximum atomic E-state index is 12.9. The first-order valence-corrected chi connectivity index (χ1v) is 10.5. The van der Waals surface area contributed by atoms with E-state index >= 15 is 0 Å². The molecule has 8 nitrogen and oxygen atoms in total. The lowest BCUT2D eigenvalue weighted by Gasteiger charge is -2.18. The third-order valence-corrected chi connectivity index (χ3v) is 6.63. The van der Waals surface area contributed by atoms with E-state index in [0.717, 1.165) is 28.6 Å². The van der Waals surface area contributed by atoms with Crippen molar-refractivity contribution in [2.45, 2.75) is 30.7 Å². The van der Waals surface area contributed by atoms with Crippen LogP contribution in [0.15, 0.2) is 29.2 Å². The van der Waals surface area contributed by atoms with Crippen molar-refractivity contribution in [3.05, 3.63) is 30.1 Å². The molecule has 0 bridgehead atoms. The van der Waals surface area contributed by atoms with Gasteiger partial charge in [-0.05, 0) is 30.7 Å². The maximum absolute atomic E-state index is 12.9. The van der Waals surface area contributed by atoms with E-state index < -0.39 is 43.6 Å². The van der Waals surface area contributed by atoms with E-state index in [9.17, 15) is 26.0 Å². The second-order valence-electron chi connectivity index (χ2n) is 5.40. The van der Waals surface area contributed by atoms with Crippen LogP contribution in [0.5, 0.6) is 0 Å². The van der Waals surface area contributed by atoms with Gasteiger partial charge in [0.15, 0.2) is 0 Å². The van der Waals surface area contributed by atoms with Gasteiger partial charge >= 0.3 is 5.97 Å². The summed E-state index contributed by atoms with van der Waals surface area (Å²) in [4.78, 5) is 10.8. The summed E-state index contributed by atoms with van der Waals surface area (Å²) >= 11 is 0. The SMILES string of the molecule is CCCC(NS(=O)(=O)CCN(C)S(=O)(=O)c1ccc(F)cc1)C(=O)O. The molecule has 0 heterocycles. The fourth-order valence-corrected chi connectivity index (χ4v) is 4.52. The molecular weight excluding hydrogens is 375 g/mol. The molecule has 1 rings (SSSR count). The number of nitrogens with zero attached hydrogens (tertiary/aromatic N) is 1. The second kappa shape index (κ2) is 8.70. The molecular formula is C14H21FN2O6S2. The van der Waals surface area contributed by atoms with Crippen LogP contribution in [0, 0.1) is 5.82 Å². The molecule has 0 aliphatic rings. The summed E-state index contributed by atoms with van der Waals surface area (Å²) in [7, 11) is -6.77. The third kappa shape index (κ3) is 6.34. The Morgan fingerprint density at radius 2 is 1.80 bits per heavy atom. The van der Waals surface area contributed by atoms with Gasteiger partial charge in [-0.1, -0.05) is 13.3 Å². The minimum absolute atomic E-state index is 0.123. The number of carboxylic acids is 1. The average molecular weight is 396 g/mol. The summed E-state index contributed by atoms with van der Waals surface area (Å²) in [6, 6.07) is 2.88. The Balaban J connectivity index is 2.78. The number of benzene rings is 1. The second-order valence-corrected chi connectivity index (χ2v) is 9.32. The van der Waals surface area contributed by atoms with Gasteiger partial charge in [0, 0.05) is 13.6 Å². The zero-order valence-corrected chi connectivity index (χ0v) is 15.5. The van der Waals surface area contributed by atoms with E-state index in [1.807, 2.05) is 4.72 Å². The van der Waals surface area contributed by atoms with Crippen molar-refractivity contribution in [3.8, 4) is 0 Å². The van der Waals surface area contributed by atoms with Crippen LogP contribution in [0.25, 0.3) is 0 Å². The average Bonchev–Trinajstić information content (AvgIpc) is 2.52. The normalized spacial score (nSPS) is 13.8. The zero-order valence-electron chi connectivity index (χ0n) is 13.8. The summed E-state index contributed by atoms with van der Waals surface area (Å²) < 4.78 is 64.3. The summed E-state index contributed by atoms with van der Waals surface area (Å²) in [6.07, 6.45) is 0.594. The lowest BCUT2D eigenvalue weighted by Crippen LogP contribution is -2.43. The molecule has 142 valence electrons. The Labute approximate surface area is 146 Å². The first kappa shape index (κ1) is 21.5. The van der Waals surface area contributed by atoms with Gasteiger partial charge in [0.05, 0.1) is 10.6 Å². The standard InChI is InChI=1S/C14H21FN2O6S2/c1-3-4-13(14(18)19)16-24(20,21)10-9-17(2)25(22,23)12-7-5-11(15)6-8-12/h5-8,13,16H,3-4,9-10H2,1-2H3,(H,18,19). The quantitative estimate of drug-likeness (QED) is 0.598. The highest BCUT2D eigenvalue weighted by molar-refractivity contribution is 7.90.